The second kappa shape index (κ2) is 8.06. The van der Waals surface area contributed by atoms with Gasteiger partial charge in [-0.15, -0.1) is 0 Å². The van der Waals surface area contributed by atoms with Crippen molar-refractivity contribution in [3.05, 3.63) is 0 Å². The number of hydrogen-bond acceptors (Lipinski definition) is 3. The molecule has 1 saturated heterocycles. The molecule has 0 aliphatic carbocycles. The lowest BCUT2D eigenvalue weighted by atomic mass is 10.1. The molecule has 0 radical (unpaired) electrons. The van der Waals surface area contributed by atoms with E-state index < -0.39 is 0 Å². The van der Waals surface area contributed by atoms with Crippen LogP contribution in [0.3, 0.4) is 0 Å². The molecule has 1 aliphatic rings. The molecule has 0 spiro atoms. The van der Waals surface area contributed by atoms with E-state index in [0.29, 0.717) is 12.1 Å². The molecule has 2 atom stereocenters. The van der Waals surface area contributed by atoms with Crippen LogP contribution in [0.15, 0.2) is 0 Å². The van der Waals surface area contributed by atoms with Crippen LogP contribution in [0.1, 0.15) is 40.5 Å². The molecule has 17 heavy (non-hydrogen) atoms. The summed E-state index contributed by atoms with van der Waals surface area (Å²) < 4.78 is 5.58. The van der Waals surface area contributed by atoms with Gasteiger partial charge in [-0.05, 0) is 25.3 Å². The molecule has 0 amide bonds. The Bertz CT molecular complexity index is 197. The van der Waals surface area contributed by atoms with Gasteiger partial charge < -0.3 is 10.1 Å². The smallest absolute Gasteiger partial charge is 0.0622 e. The van der Waals surface area contributed by atoms with Gasteiger partial charge in [0.2, 0.25) is 0 Å². The summed E-state index contributed by atoms with van der Waals surface area (Å²) in [5.41, 5.74) is 0. The number of ether oxygens (including phenoxy) is 1. The SMILES string of the molecule is CCC(CNCC(C)C)N1CCOCC1CC. The van der Waals surface area contributed by atoms with Crippen molar-refractivity contribution >= 4 is 0 Å². The molecule has 3 nitrogen and oxygen atoms in total. The van der Waals surface area contributed by atoms with E-state index in [-0.39, 0.29) is 0 Å². The molecule has 0 aromatic rings. The molecule has 2 unspecified atom stereocenters. The number of morpholine rings is 1. The molecule has 0 aromatic carbocycles. The Morgan fingerprint density at radius 3 is 2.65 bits per heavy atom. The second-order valence-corrected chi connectivity index (χ2v) is 5.49. The lowest BCUT2D eigenvalue weighted by Gasteiger charge is -2.40. The van der Waals surface area contributed by atoms with E-state index in [1.807, 2.05) is 0 Å². The van der Waals surface area contributed by atoms with Gasteiger partial charge in [0, 0.05) is 25.2 Å². The molecule has 1 aliphatic heterocycles. The Labute approximate surface area is 107 Å². The van der Waals surface area contributed by atoms with E-state index in [4.69, 9.17) is 4.74 Å². The summed E-state index contributed by atoms with van der Waals surface area (Å²) in [6.45, 7) is 14.2. The molecular formula is C14H30N2O. The van der Waals surface area contributed by atoms with Crippen molar-refractivity contribution in [3.63, 3.8) is 0 Å². The van der Waals surface area contributed by atoms with Crippen LogP contribution in [0.25, 0.3) is 0 Å². The maximum absolute atomic E-state index is 5.58. The Balaban J connectivity index is 2.40. The first-order valence-electron chi connectivity index (χ1n) is 7.23. The van der Waals surface area contributed by atoms with Gasteiger partial charge in [0.25, 0.3) is 0 Å². The summed E-state index contributed by atoms with van der Waals surface area (Å²) in [6.07, 6.45) is 2.42. The Kier molecular flexibility index (Phi) is 7.09. The van der Waals surface area contributed by atoms with Crippen LogP contribution in [0.5, 0.6) is 0 Å². The van der Waals surface area contributed by atoms with Gasteiger partial charge in [-0.3, -0.25) is 4.90 Å². The van der Waals surface area contributed by atoms with E-state index in [9.17, 15) is 0 Å². The molecule has 1 N–H and O–H groups in total. The van der Waals surface area contributed by atoms with Crippen LogP contribution in [0, 0.1) is 5.92 Å². The Hall–Kier alpha value is -0.120. The van der Waals surface area contributed by atoms with Gasteiger partial charge >= 0.3 is 0 Å². The standard InChI is InChI=1S/C14H30N2O/c1-5-13(10-15-9-12(3)4)16-7-8-17-11-14(16)6-2/h12-15H,5-11H2,1-4H3. The Morgan fingerprint density at radius 2 is 2.06 bits per heavy atom. The maximum atomic E-state index is 5.58. The predicted octanol–water partition coefficient (Wildman–Crippen LogP) is 2.12. The van der Waals surface area contributed by atoms with Crippen LogP contribution in [-0.2, 0) is 4.74 Å². The third-order valence-corrected chi connectivity index (χ3v) is 3.62. The zero-order valence-electron chi connectivity index (χ0n) is 12.0. The second-order valence-electron chi connectivity index (χ2n) is 5.49. The van der Waals surface area contributed by atoms with Crippen molar-refractivity contribution < 1.29 is 4.74 Å². The van der Waals surface area contributed by atoms with E-state index >= 15 is 0 Å². The fraction of sp³-hybridized carbons (Fsp3) is 1.00. The van der Waals surface area contributed by atoms with Gasteiger partial charge in [-0.25, -0.2) is 0 Å². The molecule has 1 fully saturated rings. The molecule has 3 heteroatoms. The van der Waals surface area contributed by atoms with Crippen LogP contribution < -0.4 is 5.32 Å². The normalized spacial score (nSPS) is 24.2. The average molecular weight is 242 g/mol. The van der Waals surface area contributed by atoms with E-state index in [2.05, 4.69) is 37.9 Å². The lowest BCUT2D eigenvalue weighted by Crippen LogP contribution is -2.53. The van der Waals surface area contributed by atoms with E-state index in [1.54, 1.807) is 0 Å². The minimum absolute atomic E-state index is 0.620. The van der Waals surface area contributed by atoms with E-state index in [0.717, 1.165) is 38.8 Å². The highest BCUT2D eigenvalue weighted by Gasteiger charge is 2.26. The number of nitrogens with one attached hydrogen (secondary N) is 1. The highest BCUT2D eigenvalue weighted by molar-refractivity contribution is 4.82. The summed E-state index contributed by atoms with van der Waals surface area (Å²) in [6, 6.07) is 1.29. The van der Waals surface area contributed by atoms with E-state index in [1.165, 1.54) is 12.8 Å². The first-order valence-corrected chi connectivity index (χ1v) is 7.23. The fourth-order valence-electron chi connectivity index (χ4n) is 2.54. The summed E-state index contributed by atoms with van der Waals surface area (Å²) >= 11 is 0. The molecule has 0 saturated carbocycles. The lowest BCUT2D eigenvalue weighted by molar-refractivity contribution is -0.0305. The molecule has 102 valence electrons. The quantitative estimate of drug-likeness (QED) is 0.740. The monoisotopic (exact) mass is 242 g/mol. The van der Waals surface area contributed by atoms with Gasteiger partial charge in [0.15, 0.2) is 0 Å². The fourth-order valence-corrected chi connectivity index (χ4v) is 2.54. The van der Waals surface area contributed by atoms with Gasteiger partial charge in [-0.2, -0.15) is 0 Å². The number of hydrogen-bond donors (Lipinski definition) is 1. The van der Waals surface area contributed by atoms with Crippen molar-refractivity contribution in [1.82, 2.24) is 10.2 Å². The summed E-state index contributed by atoms with van der Waals surface area (Å²) in [5, 5.41) is 3.60. The van der Waals surface area contributed by atoms with Gasteiger partial charge in [0.1, 0.15) is 0 Å². The minimum Gasteiger partial charge on any atom is -0.378 e. The highest BCUT2D eigenvalue weighted by atomic mass is 16.5. The first kappa shape index (κ1) is 14.9. The zero-order valence-corrected chi connectivity index (χ0v) is 12.0. The van der Waals surface area contributed by atoms with Crippen molar-refractivity contribution in [3.8, 4) is 0 Å². The largest absolute Gasteiger partial charge is 0.378 e. The topological polar surface area (TPSA) is 24.5 Å². The molecule has 0 aromatic heterocycles. The summed E-state index contributed by atoms with van der Waals surface area (Å²) in [7, 11) is 0. The molecule has 0 bridgehead atoms. The minimum atomic E-state index is 0.620. The Morgan fingerprint density at radius 1 is 1.29 bits per heavy atom. The number of nitrogens with zero attached hydrogens (tertiary/aromatic N) is 1. The zero-order chi connectivity index (χ0) is 12.7. The third-order valence-electron chi connectivity index (χ3n) is 3.62. The van der Waals surface area contributed by atoms with Crippen LogP contribution >= 0.6 is 0 Å². The number of rotatable bonds is 7. The molecule has 1 heterocycles. The van der Waals surface area contributed by atoms with Gasteiger partial charge in [0.05, 0.1) is 13.2 Å². The van der Waals surface area contributed by atoms with Crippen molar-refractivity contribution in [1.29, 1.82) is 0 Å². The third kappa shape index (κ3) is 4.94. The van der Waals surface area contributed by atoms with Crippen molar-refractivity contribution in [2.24, 2.45) is 5.92 Å². The van der Waals surface area contributed by atoms with Crippen LogP contribution in [-0.4, -0.2) is 49.8 Å². The predicted molar refractivity (Wildman–Crippen MR) is 73.4 cm³/mol. The van der Waals surface area contributed by atoms with Gasteiger partial charge in [-0.1, -0.05) is 27.7 Å². The summed E-state index contributed by atoms with van der Waals surface area (Å²) in [5.74, 6) is 0.735. The maximum Gasteiger partial charge on any atom is 0.0622 e. The van der Waals surface area contributed by atoms with Crippen LogP contribution in [0.2, 0.25) is 0 Å². The summed E-state index contributed by atoms with van der Waals surface area (Å²) in [4.78, 5) is 2.65. The van der Waals surface area contributed by atoms with Crippen LogP contribution in [0.4, 0.5) is 0 Å². The van der Waals surface area contributed by atoms with Crippen molar-refractivity contribution in [2.45, 2.75) is 52.6 Å². The highest BCUT2D eigenvalue weighted by Crippen LogP contribution is 2.15. The molecule has 1 rings (SSSR count). The van der Waals surface area contributed by atoms with Crippen molar-refractivity contribution in [2.75, 3.05) is 32.8 Å². The first-order chi connectivity index (χ1) is 8.19. The average Bonchev–Trinajstić information content (AvgIpc) is 2.34. The molecular weight excluding hydrogens is 212 g/mol.